The van der Waals surface area contributed by atoms with Crippen molar-refractivity contribution < 1.29 is 18.6 Å². The maximum Gasteiger partial charge on any atom is 0.279 e. The van der Waals surface area contributed by atoms with Gasteiger partial charge in [-0.2, -0.15) is 5.10 Å². The van der Waals surface area contributed by atoms with Gasteiger partial charge in [0, 0.05) is 47.7 Å². The predicted octanol–water partition coefficient (Wildman–Crippen LogP) is 5.32. The Kier molecular flexibility index (Phi) is 5.97. The molecule has 4 heterocycles. The molecule has 0 unspecified atom stereocenters. The zero-order chi connectivity index (χ0) is 26.3. The minimum absolute atomic E-state index is 0.0664. The predicted molar refractivity (Wildman–Crippen MR) is 145 cm³/mol. The normalized spacial score (nSPS) is 15.2. The van der Waals surface area contributed by atoms with Crippen molar-refractivity contribution in [2.75, 3.05) is 25.5 Å². The zero-order valence-electron chi connectivity index (χ0n) is 20.9. The van der Waals surface area contributed by atoms with Gasteiger partial charge in [0.15, 0.2) is 11.5 Å². The Balaban J connectivity index is 1.09. The number of hydrogen-bond acceptors (Lipinski definition) is 10. The smallest absolute Gasteiger partial charge is 0.279 e. The first-order chi connectivity index (χ1) is 19.1. The third-order valence-corrected chi connectivity index (χ3v) is 7.38. The molecule has 3 aromatic heterocycles. The lowest BCUT2D eigenvalue weighted by molar-refractivity contribution is 0.137. The van der Waals surface area contributed by atoms with Crippen LogP contribution in [0.3, 0.4) is 0 Å². The van der Waals surface area contributed by atoms with Gasteiger partial charge >= 0.3 is 0 Å². The number of halogens is 1. The van der Waals surface area contributed by atoms with Crippen LogP contribution in [0, 0.1) is 5.82 Å². The Morgan fingerprint density at radius 2 is 2.03 bits per heavy atom. The van der Waals surface area contributed by atoms with Crippen molar-refractivity contribution in [1.82, 2.24) is 30.0 Å². The highest BCUT2D eigenvalue weighted by atomic mass is 32.1. The van der Waals surface area contributed by atoms with E-state index in [1.165, 1.54) is 36.6 Å². The number of nitrogens with zero attached hydrogens (tertiary/aromatic N) is 5. The fourth-order valence-corrected chi connectivity index (χ4v) is 4.97. The minimum Gasteiger partial charge on any atom is -0.493 e. The van der Waals surface area contributed by atoms with Gasteiger partial charge in [-0.25, -0.2) is 19.3 Å². The van der Waals surface area contributed by atoms with Crippen LogP contribution in [0.4, 0.5) is 15.9 Å². The first-order valence-corrected chi connectivity index (χ1v) is 13.5. The number of hydrogen-bond donors (Lipinski definition) is 2. The van der Waals surface area contributed by atoms with Crippen LogP contribution in [0.2, 0.25) is 0 Å². The van der Waals surface area contributed by atoms with Gasteiger partial charge in [-0.15, -0.1) is 0 Å². The molecular weight excluding hydrogens is 521 g/mol. The lowest BCUT2D eigenvalue weighted by atomic mass is 10.2. The van der Waals surface area contributed by atoms with E-state index in [1.54, 1.807) is 25.3 Å². The molecule has 2 N–H and O–H groups in total. The fourth-order valence-electron chi connectivity index (χ4n) is 4.28. The Bertz CT molecular complexity index is 1660. The number of methoxy groups -OCH3 is 1. The quantitative estimate of drug-likeness (QED) is 0.254. The van der Waals surface area contributed by atoms with Gasteiger partial charge in [0.05, 0.1) is 36.2 Å². The van der Waals surface area contributed by atoms with Crippen LogP contribution in [0.1, 0.15) is 18.9 Å². The number of benzene rings is 2. The molecule has 10 nitrogen and oxygen atoms in total. The average molecular weight is 546 g/mol. The standard InChI is InChI=1S/C27H24FN7O3S/c1-36-24-8-22-19(7-25(24)37-18-10-29-11-18)26(31-14-30-22)33-21-5-4-17(6-20(21)28)38-27-34-23(13-39-27)15-9-32-35(12-15)16-2-3-16/h4-9,12-14,16,18,29H,2-3,10-11H2,1H3,(H,30,31,33). The molecule has 5 aromatic rings. The highest BCUT2D eigenvalue weighted by molar-refractivity contribution is 7.11. The van der Waals surface area contributed by atoms with Crippen molar-refractivity contribution in [3.8, 4) is 33.7 Å². The lowest BCUT2D eigenvalue weighted by Gasteiger charge is -2.28. The zero-order valence-corrected chi connectivity index (χ0v) is 21.7. The minimum atomic E-state index is -0.493. The Labute approximate surface area is 226 Å². The van der Waals surface area contributed by atoms with E-state index in [2.05, 4.69) is 30.7 Å². The number of thiazole rings is 1. The van der Waals surface area contributed by atoms with Crippen LogP contribution >= 0.6 is 11.3 Å². The second-order valence-electron chi connectivity index (χ2n) is 9.45. The van der Waals surface area contributed by atoms with Crippen LogP contribution in [0.5, 0.6) is 22.4 Å². The van der Waals surface area contributed by atoms with Crippen molar-refractivity contribution in [2.45, 2.75) is 25.0 Å². The van der Waals surface area contributed by atoms with E-state index in [4.69, 9.17) is 14.2 Å². The molecule has 2 aliphatic rings. The summed E-state index contributed by atoms with van der Waals surface area (Å²) in [7, 11) is 1.59. The molecule has 198 valence electrons. The van der Waals surface area contributed by atoms with Crippen LogP contribution < -0.4 is 24.8 Å². The summed E-state index contributed by atoms with van der Waals surface area (Å²) in [5, 5.41) is 13.7. The van der Waals surface area contributed by atoms with Gasteiger partial charge in [0.1, 0.15) is 29.8 Å². The van der Waals surface area contributed by atoms with E-state index < -0.39 is 5.82 Å². The molecule has 12 heteroatoms. The SMILES string of the molecule is COc1cc2ncnc(Nc3ccc(Oc4nc(-c5cnn(C6CC6)c5)cs4)cc3F)c2cc1OC1CNC1. The topological polar surface area (TPSA) is 108 Å². The fraction of sp³-hybridized carbons (Fsp3) is 0.259. The third kappa shape index (κ3) is 4.84. The largest absolute Gasteiger partial charge is 0.493 e. The summed E-state index contributed by atoms with van der Waals surface area (Å²) in [6.07, 6.45) is 7.63. The molecule has 0 bridgehead atoms. The molecule has 2 fully saturated rings. The molecule has 0 spiro atoms. The van der Waals surface area contributed by atoms with Gasteiger partial charge in [-0.05, 0) is 31.0 Å². The maximum atomic E-state index is 15.2. The number of anilines is 2. The van der Waals surface area contributed by atoms with Crippen molar-refractivity contribution in [1.29, 1.82) is 0 Å². The molecule has 0 radical (unpaired) electrons. The van der Waals surface area contributed by atoms with E-state index in [9.17, 15) is 0 Å². The first kappa shape index (κ1) is 23.8. The number of ether oxygens (including phenoxy) is 3. The number of rotatable bonds is 9. The second-order valence-corrected chi connectivity index (χ2v) is 10.3. The molecule has 39 heavy (non-hydrogen) atoms. The van der Waals surface area contributed by atoms with Gasteiger partial charge in [-0.3, -0.25) is 4.68 Å². The average Bonchev–Trinajstić information content (AvgIpc) is 3.46. The molecule has 0 amide bonds. The van der Waals surface area contributed by atoms with Crippen LogP contribution in [-0.2, 0) is 0 Å². The Morgan fingerprint density at radius 1 is 1.13 bits per heavy atom. The third-order valence-electron chi connectivity index (χ3n) is 6.66. The van der Waals surface area contributed by atoms with Crippen molar-refractivity contribution >= 4 is 33.7 Å². The van der Waals surface area contributed by atoms with Crippen molar-refractivity contribution in [2.24, 2.45) is 0 Å². The summed E-state index contributed by atoms with van der Waals surface area (Å²) in [5.41, 5.74) is 2.61. The van der Waals surface area contributed by atoms with Crippen molar-refractivity contribution in [3.05, 3.63) is 60.3 Å². The van der Waals surface area contributed by atoms with Gasteiger partial charge in [-0.1, -0.05) is 11.3 Å². The summed E-state index contributed by atoms with van der Waals surface area (Å²) in [5.74, 6) is 1.46. The summed E-state index contributed by atoms with van der Waals surface area (Å²) in [4.78, 5) is 13.2. The molecule has 1 aliphatic carbocycles. The molecule has 1 saturated carbocycles. The van der Waals surface area contributed by atoms with E-state index in [-0.39, 0.29) is 11.8 Å². The van der Waals surface area contributed by atoms with Gasteiger partial charge < -0.3 is 24.8 Å². The molecular formula is C27H24FN7O3S. The van der Waals surface area contributed by atoms with Crippen LogP contribution in [-0.4, -0.2) is 51.0 Å². The van der Waals surface area contributed by atoms with E-state index in [0.717, 1.165) is 24.3 Å². The highest BCUT2D eigenvalue weighted by Crippen LogP contribution is 2.38. The van der Waals surface area contributed by atoms with E-state index in [1.807, 2.05) is 28.5 Å². The van der Waals surface area contributed by atoms with E-state index >= 15 is 4.39 Å². The Hall–Kier alpha value is -4.29. The summed E-state index contributed by atoms with van der Waals surface area (Å²) < 4.78 is 34.5. The molecule has 7 rings (SSSR count). The summed E-state index contributed by atoms with van der Waals surface area (Å²) in [6, 6.07) is 8.72. The number of aromatic nitrogens is 5. The van der Waals surface area contributed by atoms with Gasteiger partial charge in [0.2, 0.25) is 0 Å². The molecule has 0 atom stereocenters. The summed E-state index contributed by atoms with van der Waals surface area (Å²) >= 11 is 1.35. The maximum absolute atomic E-state index is 15.2. The molecule has 1 saturated heterocycles. The van der Waals surface area contributed by atoms with Crippen LogP contribution in [0.15, 0.2) is 54.4 Å². The second kappa shape index (κ2) is 9.79. The Morgan fingerprint density at radius 3 is 2.79 bits per heavy atom. The lowest BCUT2D eigenvalue weighted by Crippen LogP contribution is -2.50. The monoisotopic (exact) mass is 545 g/mol. The molecule has 2 aromatic carbocycles. The highest BCUT2D eigenvalue weighted by Gasteiger charge is 2.25. The molecule has 1 aliphatic heterocycles. The van der Waals surface area contributed by atoms with Crippen LogP contribution in [0.25, 0.3) is 22.2 Å². The summed E-state index contributed by atoms with van der Waals surface area (Å²) in [6.45, 7) is 1.54. The van der Waals surface area contributed by atoms with E-state index in [0.29, 0.717) is 45.2 Å². The number of nitrogens with one attached hydrogen (secondary N) is 2. The number of fused-ring (bicyclic) bond motifs is 1. The van der Waals surface area contributed by atoms with Crippen molar-refractivity contribution in [3.63, 3.8) is 0 Å². The first-order valence-electron chi connectivity index (χ1n) is 12.6. The van der Waals surface area contributed by atoms with Gasteiger partial charge in [0.25, 0.3) is 5.19 Å².